The third kappa shape index (κ3) is 3.18. The molecule has 0 bridgehead atoms. The molecular weight excluding hydrogens is 321 g/mol. The van der Waals surface area contributed by atoms with Crippen LogP contribution in [-0.4, -0.2) is 38.9 Å². The number of rotatable bonds is 3. The number of alkyl halides is 3. The Hall–Kier alpha value is -2.25. The summed E-state index contributed by atoms with van der Waals surface area (Å²) in [5.41, 5.74) is 0.587. The van der Waals surface area contributed by atoms with E-state index < -0.39 is 11.9 Å². The third-order valence-electron chi connectivity index (χ3n) is 4.44. The molecule has 3 rings (SSSR count). The summed E-state index contributed by atoms with van der Waals surface area (Å²) in [5, 5.41) is 0. The molecule has 1 atom stereocenters. The van der Waals surface area contributed by atoms with Crippen molar-refractivity contribution in [3.05, 3.63) is 41.2 Å². The average molecular weight is 340 g/mol. The molecule has 1 N–H and O–H groups in total. The first-order valence-electron chi connectivity index (χ1n) is 7.78. The molecule has 0 fully saturated rings. The number of imidazole rings is 1. The first kappa shape index (κ1) is 16.6. The summed E-state index contributed by atoms with van der Waals surface area (Å²) in [6, 6.07) is 1.73. The quantitative estimate of drug-likeness (QED) is 0.934. The standard InChI is InChI=1S/C16H19F3N4O/c1-10-12(5-6-20-10)15(24)22(2)7-11-3-4-14-21-13(16(17,18)19)9-23(14)8-11/h5-6,9,11,20H,3-4,7-8H2,1-2H3/t11-/m1/s1. The van der Waals surface area contributed by atoms with Crippen molar-refractivity contribution in [1.82, 2.24) is 19.4 Å². The minimum atomic E-state index is -4.42. The fourth-order valence-electron chi connectivity index (χ4n) is 3.16. The Bertz CT molecular complexity index is 747. The molecule has 8 heteroatoms. The molecule has 130 valence electrons. The minimum Gasteiger partial charge on any atom is -0.365 e. The van der Waals surface area contributed by atoms with Crippen molar-refractivity contribution < 1.29 is 18.0 Å². The number of carbonyl (C=O) groups excluding carboxylic acids is 1. The van der Waals surface area contributed by atoms with E-state index in [9.17, 15) is 18.0 Å². The molecule has 2 aromatic rings. The lowest BCUT2D eigenvalue weighted by atomic mass is 9.98. The van der Waals surface area contributed by atoms with Gasteiger partial charge in [-0.05, 0) is 25.3 Å². The van der Waals surface area contributed by atoms with E-state index in [0.29, 0.717) is 30.9 Å². The number of nitrogens with zero attached hydrogens (tertiary/aromatic N) is 3. The van der Waals surface area contributed by atoms with E-state index in [-0.39, 0.29) is 11.8 Å². The molecule has 5 nitrogen and oxygen atoms in total. The van der Waals surface area contributed by atoms with Crippen LogP contribution in [-0.2, 0) is 19.1 Å². The molecular formula is C16H19F3N4O. The van der Waals surface area contributed by atoms with Crippen LogP contribution in [0.4, 0.5) is 13.2 Å². The molecule has 0 unspecified atom stereocenters. The summed E-state index contributed by atoms with van der Waals surface area (Å²) < 4.78 is 39.8. The van der Waals surface area contributed by atoms with Crippen LogP contribution in [0.1, 0.15) is 34.0 Å². The molecule has 1 aliphatic rings. The third-order valence-corrected chi connectivity index (χ3v) is 4.44. The van der Waals surface area contributed by atoms with Crippen molar-refractivity contribution in [3.8, 4) is 0 Å². The van der Waals surface area contributed by atoms with Crippen LogP contribution in [0.25, 0.3) is 0 Å². The highest BCUT2D eigenvalue weighted by molar-refractivity contribution is 5.95. The number of nitrogens with one attached hydrogen (secondary N) is 1. The summed E-state index contributed by atoms with van der Waals surface area (Å²) in [4.78, 5) is 20.7. The van der Waals surface area contributed by atoms with E-state index in [1.54, 1.807) is 28.8 Å². The van der Waals surface area contributed by atoms with Crippen LogP contribution >= 0.6 is 0 Å². The maximum atomic E-state index is 12.8. The average Bonchev–Trinajstić information content (AvgIpc) is 3.11. The normalized spacial score (nSPS) is 17.6. The Kier molecular flexibility index (Phi) is 4.15. The van der Waals surface area contributed by atoms with Gasteiger partial charge in [0, 0.05) is 44.6 Å². The second-order valence-corrected chi connectivity index (χ2v) is 6.30. The zero-order valence-electron chi connectivity index (χ0n) is 13.5. The zero-order chi connectivity index (χ0) is 17.5. The number of aromatic nitrogens is 3. The number of aromatic amines is 1. The molecule has 0 saturated carbocycles. The molecule has 0 aliphatic carbocycles. The van der Waals surface area contributed by atoms with E-state index in [4.69, 9.17) is 0 Å². The van der Waals surface area contributed by atoms with Crippen LogP contribution in [0, 0.1) is 12.8 Å². The smallest absolute Gasteiger partial charge is 0.365 e. The van der Waals surface area contributed by atoms with Gasteiger partial charge >= 0.3 is 6.18 Å². The van der Waals surface area contributed by atoms with Crippen molar-refractivity contribution in [1.29, 1.82) is 0 Å². The first-order valence-corrected chi connectivity index (χ1v) is 7.78. The van der Waals surface area contributed by atoms with E-state index in [1.807, 2.05) is 6.92 Å². The lowest BCUT2D eigenvalue weighted by molar-refractivity contribution is -0.141. The second-order valence-electron chi connectivity index (χ2n) is 6.30. The fraction of sp³-hybridized carbons (Fsp3) is 0.500. The van der Waals surface area contributed by atoms with E-state index >= 15 is 0 Å². The summed E-state index contributed by atoms with van der Waals surface area (Å²) in [5.74, 6) is 0.496. The van der Waals surface area contributed by atoms with Gasteiger partial charge in [0.1, 0.15) is 5.82 Å². The maximum absolute atomic E-state index is 12.8. The maximum Gasteiger partial charge on any atom is 0.434 e. The van der Waals surface area contributed by atoms with Gasteiger partial charge in [-0.2, -0.15) is 13.2 Å². The molecule has 1 aliphatic heterocycles. The predicted molar refractivity (Wildman–Crippen MR) is 81.5 cm³/mol. The lowest BCUT2D eigenvalue weighted by Gasteiger charge is -2.28. The summed E-state index contributed by atoms with van der Waals surface area (Å²) in [7, 11) is 1.72. The number of fused-ring (bicyclic) bond motifs is 1. The fourth-order valence-corrected chi connectivity index (χ4v) is 3.16. The van der Waals surface area contributed by atoms with Crippen LogP contribution in [0.3, 0.4) is 0 Å². The van der Waals surface area contributed by atoms with E-state index in [2.05, 4.69) is 9.97 Å². The number of hydrogen-bond donors (Lipinski definition) is 1. The Balaban J connectivity index is 1.66. The largest absolute Gasteiger partial charge is 0.434 e. The Morgan fingerprint density at radius 2 is 2.25 bits per heavy atom. The second kappa shape index (κ2) is 5.99. The van der Waals surface area contributed by atoms with Gasteiger partial charge in [-0.25, -0.2) is 4.98 Å². The molecule has 3 heterocycles. The highest BCUT2D eigenvalue weighted by atomic mass is 19.4. The molecule has 0 radical (unpaired) electrons. The van der Waals surface area contributed by atoms with Crippen molar-refractivity contribution >= 4 is 5.91 Å². The summed E-state index contributed by atoms with van der Waals surface area (Å²) in [6.07, 6.45) is -0.421. The Morgan fingerprint density at radius 3 is 2.88 bits per heavy atom. The van der Waals surface area contributed by atoms with Crippen LogP contribution in [0.5, 0.6) is 0 Å². The lowest BCUT2D eigenvalue weighted by Crippen LogP contribution is -2.35. The van der Waals surface area contributed by atoms with Gasteiger partial charge in [0.15, 0.2) is 5.69 Å². The number of halogens is 3. The van der Waals surface area contributed by atoms with Crippen LogP contribution in [0.15, 0.2) is 18.5 Å². The van der Waals surface area contributed by atoms with Gasteiger partial charge in [-0.1, -0.05) is 0 Å². The van der Waals surface area contributed by atoms with Crippen LogP contribution in [0.2, 0.25) is 0 Å². The monoisotopic (exact) mass is 340 g/mol. The SMILES string of the molecule is Cc1[nH]ccc1C(=O)N(C)C[C@H]1CCc2nc(C(F)(F)F)cn2C1. The number of H-pyrrole nitrogens is 1. The Morgan fingerprint density at radius 1 is 1.50 bits per heavy atom. The van der Waals surface area contributed by atoms with Gasteiger partial charge in [-0.3, -0.25) is 4.79 Å². The van der Waals surface area contributed by atoms with Crippen molar-refractivity contribution in [2.24, 2.45) is 5.92 Å². The summed E-state index contributed by atoms with van der Waals surface area (Å²) >= 11 is 0. The molecule has 0 spiro atoms. The van der Waals surface area contributed by atoms with E-state index in [0.717, 1.165) is 18.3 Å². The number of carbonyl (C=O) groups is 1. The molecule has 24 heavy (non-hydrogen) atoms. The van der Waals surface area contributed by atoms with Gasteiger partial charge in [0.05, 0.1) is 5.56 Å². The molecule has 0 aromatic carbocycles. The van der Waals surface area contributed by atoms with E-state index in [1.165, 1.54) is 0 Å². The number of amides is 1. The topological polar surface area (TPSA) is 53.9 Å². The van der Waals surface area contributed by atoms with Crippen LogP contribution < -0.4 is 0 Å². The number of aryl methyl sites for hydroxylation is 2. The van der Waals surface area contributed by atoms with Gasteiger partial charge in [0.25, 0.3) is 5.91 Å². The Labute approximate surface area is 137 Å². The molecule has 1 amide bonds. The highest BCUT2D eigenvalue weighted by Crippen LogP contribution is 2.30. The summed E-state index contributed by atoms with van der Waals surface area (Å²) in [6.45, 7) is 2.78. The zero-order valence-corrected chi connectivity index (χ0v) is 13.5. The van der Waals surface area contributed by atoms with Crippen molar-refractivity contribution in [2.45, 2.75) is 32.5 Å². The first-order chi connectivity index (χ1) is 11.3. The van der Waals surface area contributed by atoms with Gasteiger partial charge in [-0.15, -0.1) is 0 Å². The number of hydrogen-bond acceptors (Lipinski definition) is 2. The van der Waals surface area contributed by atoms with Gasteiger partial charge < -0.3 is 14.5 Å². The minimum absolute atomic E-state index is 0.0823. The highest BCUT2D eigenvalue weighted by Gasteiger charge is 2.36. The van der Waals surface area contributed by atoms with Crippen molar-refractivity contribution in [3.63, 3.8) is 0 Å². The molecule has 0 saturated heterocycles. The van der Waals surface area contributed by atoms with Crippen molar-refractivity contribution in [2.75, 3.05) is 13.6 Å². The van der Waals surface area contributed by atoms with Gasteiger partial charge in [0.2, 0.25) is 0 Å². The molecule has 2 aromatic heterocycles. The predicted octanol–water partition coefficient (Wildman–Crippen LogP) is 2.87.